The molecule has 5 heteroatoms. The SMILES string of the molecule is CNC(=O)CSC(C)[C@H]1CNCC[C@@H]1c1ccc(Cl)cc1. The van der Waals surface area contributed by atoms with Crippen LogP contribution in [0.2, 0.25) is 5.02 Å². The molecule has 2 N–H and O–H groups in total. The maximum Gasteiger partial charge on any atom is 0.229 e. The Balaban J connectivity index is 2.04. The Morgan fingerprint density at radius 3 is 2.86 bits per heavy atom. The lowest BCUT2D eigenvalue weighted by atomic mass is 9.79. The second kappa shape index (κ2) is 8.06. The topological polar surface area (TPSA) is 41.1 Å². The molecule has 1 saturated heterocycles. The summed E-state index contributed by atoms with van der Waals surface area (Å²) >= 11 is 7.73. The second-order valence-corrected chi connectivity index (χ2v) is 7.31. The van der Waals surface area contributed by atoms with Gasteiger partial charge in [-0.3, -0.25) is 4.79 Å². The van der Waals surface area contributed by atoms with Crippen LogP contribution in [-0.4, -0.2) is 37.0 Å². The van der Waals surface area contributed by atoms with Crippen molar-refractivity contribution in [2.75, 3.05) is 25.9 Å². The van der Waals surface area contributed by atoms with Crippen LogP contribution in [0.5, 0.6) is 0 Å². The molecule has 2 rings (SSSR count). The zero-order chi connectivity index (χ0) is 15.2. The van der Waals surface area contributed by atoms with E-state index in [1.54, 1.807) is 18.8 Å². The predicted molar refractivity (Wildman–Crippen MR) is 91.2 cm³/mol. The Kier molecular flexibility index (Phi) is 6.40. The number of carbonyl (C=O) groups excluding carboxylic acids is 1. The summed E-state index contributed by atoms with van der Waals surface area (Å²) in [7, 11) is 1.69. The third kappa shape index (κ3) is 4.63. The average molecular weight is 327 g/mol. The zero-order valence-electron chi connectivity index (χ0n) is 12.6. The summed E-state index contributed by atoms with van der Waals surface area (Å²) in [5.41, 5.74) is 1.36. The van der Waals surface area contributed by atoms with Gasteiger partial charge in [0.1, 0.15) is 0 Å². The lowest BCUT2D eigenvalue weighted by Crippen LogP contribution is -2.40. The summed E-state index contributed by atoms with van der Waals surface area (Å²) in [5, 5.41) is 7.39. The maximum atomic E-state index is 11.4. The van der Waals surface area contributed by atoms with E-state index in [-0.39, 0.29) is 5.91 Å². The van der Waals surface area contributed by atoms with Gasteiger partial charge in [-0.1, -0.05) is 30.7 Å². The Labute approximate surface area is 136 Å². The lowest BCUT2D eigenvalue weighted by molar-refractivity contribution is -0.118. The van der Waals surface area contributed by atoms with Gasteiger partial charge in [0.2, 0.25) is 5.91 Å². The Bertz CT molecular complexity index is 466. The monoisotopic (exact) mass is 326 g/mol. The summed E-state index contributed by atoms with van der Waals surface area (Å²) in [6.45, 7) is 4.29. The minimum absolute atomic E-state index is 0.0960. The average Bonchev–Trinajstić information content (AvgIpc) is 2.53. The molecule has 1 aliphatic heterocycles. The van der Waals surface area contributed by atoms with Crippen LogP contribution in [0.15, 0.2) is 24.3 Å². The number of nitrogens with one attached hydrogen (secondary N) is 2. The van der Waals surface area contributed by atoms with Gasteiger partial charge in [-0.05, 0) is 49.0 Å². The van der Waals surface area contributed by atoms with Gasteiger partial charge < -0.3 is 10.6 Å². The summed E-state index contributed by atoms with van der Waals surface area (Å²) in [5.74, 6) is 1.70. The van der Waals surface area contributed by atoms with E-state index in [4.69, 9.17) is 11.6 Å². The summed E-state index contributed by atoms with van der Waals surface area (Å²) < 4.78 is 0. The third-order valence-corrected chi connectivity index (χ3v) is 5.74. The number of carbonyl (C=O) groups is 1. The van der Waals surface area contributed by atoms with E-state index in [0.29, 0.717) is 22.8 Å². The standard InChI is InChI=1S/C16H23ClN2OS/c1-11(21-10-16(20)18-2)15-9-19-8-7-14(15)12-3-5-13(17)6-4-12/h3-6,11,14-15,19H,7-10H2,1-2H3,(H,18,20)/t11?,14-,15-/m1/s1. The Morgan fingerprint density at radius 2 is 2.19 bits per heavy atom. The van der Waals surface area contributed by atoms with Crippen molar-refractivity contribution in [2.45, 2.75) is 24.5 Å². The van der Waals surface area contributed by atoms with E-state index < -0.39 is 0 Å². The molecule has 0 saturated carbocycles. The van der Waals surface area contributed by atoms with E-state index in [1.165, 1.54) is 5.56 Å². The fourth-order valence-electron chi connectivity index (χ4n) is 2.90. The summed E-state index contributed by atoms with van der Waals surface area (Å²) in [6, 6.07) is 8.22. The van der Waals surface area contributed by atoms with Crippen molar-refractivity contribution < 1.29 is 4.79 Å². The van der Waals surface area contributed by atoms with Crippen LogP contribution in [0.4, 0.5) is 0 Å². The minimum atomic E-state index is 0.0960. The molecule has 0 aromatic heterocycles. The molecule has 0 aliphatic carbocycles. The van der Waals surface area contributed by atoms with Gasteiger partial charge in [0.25, 0.3) is 0 Å². The van der Waals surface area contributed by atoms with E-state index >= 15 is 0 Å². The Hall–Kier alpha value is -0.710. The highest BCUT2D eigenvalue weighted by molar-refractivity contribution is 8.00. The smallest absolute Gasteiger partial charge is 0.229 e. The van der Waals surface area contributed by atoms with E-state index in [2.05, 4.69) is 29.7 Å². The minimum Gasteiger partial charge on any atom is -0.358 e. The van der Waals surface area contributed by atoms with Crippen molar-refractivity contribution in [3.8, 4) is 0 Å². The quantitative estimate of drug-likeness (QED) is 0.874. The number of piperidine rings is 1. The molecule has 3 atom stereocenters. The van der Waals surface area contributed by atoms with Crippen molar-refractivity contribution in [3.63, 3.8) is 0 Å². The van der Waals surface area contributed by atoms with Crippen LogP contribution in [-0.2, 0) is 4.79 Å². The van der Waals surface area contributed by atoms with Gasteiger partial charge in [-0.2, -0.15) is 0 Å². The number of amides is 1. The molecule has 1 aromatic carbocycles. The second-order valence-electron chi connectivity index (χ2n) is 5.50. The lowest BCUT2D eigenvalue weighted by Gasteiger charge is -2.36. The van der Waals surface area contributed by atoms with Crippen LogP contribution in [0.3, 0.4) is 0 Å². The fourth-order valence-corrected chi connectivity index (χ4v) is 4.12. The molecule has 0 spiro atoms. The molecule has 1 fully saturated rings. The van der Waals surface area contributed by atoms with Crippen LogP contribution in [0.25, 0.3) is 0 Å². The van der Waals surface area contributed by atoms with Crippen molar-refractivity contribution >= 4 is 29.3 Å². The molecule has 0 radical (unpaired) electrons. The highest BCUT2D eigenvalue weighted by atomic mass is 35.5. The van der Waals surface area contributed by atoms with Crippen LogP contribution in [0.1, 0.15) is 24.8 Å². The molecule has 1 aliphatic rings. The van der Waals surface area contributed by atoms with Crippen molar-refractivity contribution in [1.82, 2.24) is 10.6 Å². The molecule has 1 amide bonds. The van der Waals surface area contributed by atoms with Crippen molar-refractivity contribution in [3.05, 3.63) is 34.9 Å². The number of thioether (sulfide) groups is 1. The first-order chi connectivity index (χ1) is 10.1. The molecular formula is C16H23ClN2OS. The van der Waals surface area contributed by atoms with E-state index in [9.17, 15) is 4.79 Å². The molecule has 1 unspecified atom stereocenters. The first-order valence-corrected chi connectivity index (χ1v) is 8.83. The zero-order valence-corrected chi connectivity index (χ0v) is 14.1. The highest BCUT2D eigenvalue weighted by Crippen LogP contribution is 2.36. The van der Waals surface area contributed by atoms with Gasteiger partial charge in [0, 0.05) is 17.3 Å². The molecule has 0 bridgehead atoms. The largest absolute Gasteiger partial charge is 0.358 e. The number of hydrogen-bond donors (Lipinski definition) is 2. The number of hydrogen-bond acceptors (Lipinski definition) is 3. The molecule has 116 valence electrons. The third-order valence-electron chi connectivity index (χ3n) is 4.19. The number of benzene rings is 1. The first kappa shape index (κ1) is 16.7. The maximum absolute atomic E-state index is 11.4. The first-order valence-electron chi connectivity index (χ1n) is 7.40. The van der Waals surface area contributed by atoms with Crippen LogP contribution >= 0.6 is 23.4 Å². The highest BCUT2D eigenvalue weighted by Gasteiger charge is 2.31. The van der Waals surface area contributed by atoms with Gasteiger partial charge in [0.05, 0.1) is 5.75 Å². The predicted octanol–water partition coefficient (Wildman–Crippen LogP) is 2.90. The summed E-state index contributed by atoms with van der Waals surface area (Å²) in [4.78, 5) is 11.4. The fraction of sp³-hybridized carbons (Fsp3) is 0.562. The van der Waals surface area contributed by atoms with Crippen molar-refractivity contribution in [1.29, 1.82) is 0 Å². The molecule has 1 aromatic rings. The van der Waals surface area contributed by atoms with Gasteiger partial charge in [0.15, 0.2) is 0 Å². The van der Waals surface area contributed by atoms with Crippen LogP contribution < -0.4 is 10.6 Å². The molecule has 3 nitrogen and oxygen atoms in total. The van der Waals surface area contributed by atoms with Gasteiger partial charge >= 0.3 is 0 Å². The van der Waals surface area contributed by atoms with Gasteiger partial charge in [-0.25, -0.2) is 0 Å². The summed E-state index contributed by atoms with van der Waals surface area (Å²) in [6.07, 6.45) is 1.14. The van der Waals surface area contributed by atoms with E-state index in [0.717, 1.165) is 24.5 Å². The normalized spacial score (nSPS) is 23.6. The van der Waals surface area contributed by atoms with Crippen LogP contribution in [0, 0.1) is 5.92 Å². The molecule has 1 heterocycles. The molecular weight excluding hydrogens is 304 g/mol. The molecule has 21 heavy (non-hydrogen) atoms. The number of halogens is 1. The number of rotatable bonds is 5. The van der Waals surface area contributed by atoms with E-state index in [1.807, 2.05) is 12.1 Å². The van der Waals surface area contributed by atoms with Gasteiger partial charge in [-0.15, -0.1) is 11.8 Å². The Morgan fingerprint density at radius 1 is 1.48 bits per heavy atom. The van der Waals surface area contributed by atoms with Crippen molar-refractivity contribution in [2.24, 2.45) is 5.92 Å².